The van der Waals surface area contributed by atoms with Gasteiger partial charge in [-0.1, -0.05) is 32.0 Å². The van der Waals surface area contributed by atoms with Crippen LogP contribution in [0, 0.1) is 0 Å². The first-order chi connectivity index (χ1) is 8.77. The summed E-state index contributed by atoms with van der Waals surface area (Å²) in [5.41, 5.74) is 2.63. The van der Waals surface area contributed by atoms with E-state index in [4.69, 9.17) is 0 Å². The van der Waals surface area contributed by atoms with E-state index in [0.717, 1.165) is 26.1 Å². The summed E-state index contributed by atoms with van der Waals surface area (Å²) in [7, 11) is 0. The lowest BCUT2D eigenvalue weighted by molar-refractivity contribution is 0.557. The first-order valence-corrected chi connectivity index (χ1v) is 6.76. The third-order valence-corrected chi connectivity index (χ3v) is 3.10. The van der Waals surface area contributed by atoms with Crippen LogP contribution in [0.2, 0.25) is 0 Å². The Morgan fingerprint density at radius 2 is 1.94 bits per heavy atom. The van der Waals surface area contributed by atoms with Gasteiger partial charge in [-0.3, -0.25) is 0 Å². The van der Waals surface area contributed by atoms with Crippen LogP contribution in [-0.4, -0.2) is 30.7 Å². The minimum atomic E-state index is 0.570. The Morgan fingerprint density at radius 1 is 1.11 bits per heavy atom. The van der Waals surface area contributed by atoms with Gasteiger partial charge in [0.25, 0.3) is 0 Å². The molecule has 98 valence electrons. The van der Waals surface area contributed by atoms with E-state index in [1.165, 1.54) is 16.5 Å². The van der Waals surface area contributed by atoms with E-state index in [1.54, 1.807) is 0 Å². The molecule has 0 bridgehead atoms. The Bertz CT molecular complexity index is 473. The quantitative estimate of drug-likeness (QED) is 0.655. The van der Waals surface area contributed by atoms with E-state index in [2.05, 4.69) is 59.9 Å². The van der Waals surface area contributed by atoms with Crippen LogP contribution in [0.5, 0.6) is 0 Å². The number of hydrogen-bond acceptors (Lipinski definition) is 2. The number of para-hydroxylation sites is 1. The van der Waals surface area contributed by atoms with E-state index in [1.807, 2.05) is 0 Å². The fraction of sp³-hybridized carbons (Fsp3) is 0.467. The molecule has 3 heteroatoms. The van der Waals surface area contributed by atoms with E-state index < -0.39 is 0 Å². The highest BCUT2D eigenvalue weighted by atomic mass is 15.0. The molecular formula is C15H23N3. The van der Waals surface area contributed by atoms with Crippen LogP contribution in [0.15, 0.2) is 30.5 Å². The molecular weight excluding hydrogens is 222 g/mol. The topological polar surface area (TPSA) is 39.8 Å². The highest BCUT2D eigenvalue weighted by molar-refractivity contribution is 5.83. The molecule has 0 amide bonds. The van der Waals surface area contributed by atoms with Crippen LogP contribution in [-0.2, 0) is 6.42 Å². The van der Waals surface area contributed by atoms with Crippen molar-refractivity contribution in [1.29, 1.82) is 0 Å². The first kappa shape index (κ1) is 13.1. The summed E-state index contributed by atoms with van der Waals surface area (Å²) in [6, 6.07) is 9.04. The molecule has 0 aliphatic rings. The van der Waals surface area contributed by atoms with Crippen molar-refractivity contribution < 1.29 is 0 Å². The number of H-pyrrole nitrogens is 1. The molecule has 3 N–H and O–H groups in total. The predicted molar refractivity (Wildman–Crippen MR) is 78.0 cm³/mol. The minimum Gasteiger partial charge on any atom is -0.361 e. The van der Waals surface area contributed by atoms with Crippen LogP contribution < -0.4 is 10.6 Å². The van der Waals surface area contributed by atoms with Gasteiger partial charge >= 0.3 is 0 Å². The van der Waals surface area contributed by atoms with Gasteiger partial charge < -0.3 is 15.6 Å². The fourth-order valence-corrected chi connectivity index (χ4v) is 2.14. The van der Waals surface area contributed by atoms with Crippen LogP contribution in [0.25, 0.3) is 10.9 Å². The first-order valence-electron chi connectivity index (χ1n) is 6.76. The predicted octanol–water partition coefficient (Wildman–Crippen LogP) is 2.30. The molecule has 1 aromatic carbocycles. The molecule has 0 atom stereocenters. The molecule has 0 aliphatic heterocycles. The maximum Gasteiger partial charge on any atom is 0.0456 e. The van der Waals surface area contributed by atoms with Crippen molar-refractivity contribution in [1.82, 2.24) is 15.6 Å². The molecule has 1 heterocycles. The van der Waals surface area contributed by atoms with Crippen molar-refractivity contribution in [2.75, 3.05) is 19.6 Å². The monoisotopic (exact) mass is 245 g/mol. The smallest absolute Gasteiger partial charge is 0.0456 e. The number of aromatic amines is 1. The molecule has 0 unspecified atom stereocenters. The summed E-state index contributed by atoms with van der Waals surface area (Å²) in [5, 5.41) is 8.21. The molecule has 2 rings (SSSR count). The van der Waals surface area contributed by atoms with Crippen LogP contribution in [0.4, 0.5) is 0 Å². The molecule has 0 spiro atoms. The van der Waals surface area contributed by atoms with Crippen molar-refractivity contribution >= 4 is 10.9 Å². The van der Waals surface area contributed by atoms with Gasteiger partial charge in [0.1, 0.15) is 0 Å². The molecule has 0 saturated heterocycles. The summed E-state index contributed by atoms with van der Waals surface area (Å²) >= 11 is 0. The standard InChI is InChI=1S/C15H23N3/c1-12(2)17-10-9-16-8-7-13-11-18-15-6-4-3-5-14(13)15/h3-6,11-12,16-18H,7-10H2,1-2H3. The van der Waals surface area contributed by atoms with Gasteiger partial charge in [0.15, 0.2) is 0 Å². The molecule has 1 aromatic heterocycles. The molecule has 3 nitrogen and oxygen atoms in total. The third kappa shape index (κ3) is 3.59. The number of nitrogens with one attached hydrogen (secondary N) is 3. The van der Waals surface area contributed by atoms with Gasteiger partial charge in [-0.25, -0.2) is 0 Å². The van der Waals surface area contributed by atoms with Crippen molar-refractivity contribution in [2.24, 2.45) is 0 Å². The van der Waals surface area contributed by atoms with Crippen LogP contribution >= 0.6 is 0 Å². The van der Waals surface area contributed by atoms with Gasteiger partial charge in [0.05, 0.1) is 0 Å². The average molecular weight is 245 g/mol. The van der Waals surface area contributed by atoms with E-state index in [9.17, 15) is 0 Å². The van der Waals surface area contributed by atoms with Crippen molar-refractivity contribution in [3.05, 3.63) is 36.0 Å². The lowest BCUT2D eigenvalue weighted by Gasteiger charge is -2.08. The summed E-state index contributed by atoms with van der Waals surface area (Å²) in [6.45, 7) is 7.44. The summed E-state index contributed by atoms with van der Waals surface area (Å²) in [5.74, 6) is 0. The van der Waals surface area contributed by atoms with Gasteiger partial charge in [-0.05, 0) is 24.6 Å². The second-order valence-electron chi connectivity index (χ2n) is 4.97. The average Bonchev–Trinajstić information content (AvgIpc) is 2.77. The normalized spacial score (nSPS) is 11.5. The third-order valence-electron chi connectivity index (χ3n) is 3.10. The van der Waals surface area contributed by atoms with Crippen LogP contribution in [0.1, 0.15) is 19.4 Å². The Hall–Kier alpha value is -1.32. The van der Waals surface area contributed by atoms with Gasteiger partial charge in [0.2, 0.25) is 0 Å². The van der Waals surface area contributed by atoms with E-state index in [-0.39, 0.29) is 0 Å². The lowest BCUT2D eigenvalue weighted by Crippen LogP contribution is -2.32. The number of benzene rings is 1. The molecule has 0 saturated carbocycles. The highest BCUT2D eigenvalue weighted by Gasteiger charge is 2.01. The Kier molecular flexibility index (Phi) is 4.79. The molecule has 2 aromatic rings. The van der Waals surface area contributed by atoms with E-state index >= 15 is 0 Å². The summed E-state index contributed by atoms with van der Waals surface area (Å²) in [6.07, 6.45) is 3.20. The molecule has 0 aliphatic carbocycles. The molecule has 18 heavy (non-hydrogen) atoms. The zero-order chi connectivity index (χ0) is 12.8. The van der Waals surface area contributed by atoms with Crippen molar-refractivity contribution in [3.63, 3.8) is 0 Å². The summed E-state index contributed by atoms with van der Waals surface area (Å²) < 4.78 is 0. The second-order valence-corrected chi connectivity index (χ2v) is 4.97. The largest absolute Gasteiger partial charge is 0.361 e. The SMILES string of the molecule is CC(C)NCCNCCc1c[nH]c2ccccc12. The Labute approximate surface area is 109 Å². The number of aromatic nitrogens is 1. The second kappa shape index (κ2) is 6.57. The zero-order valence-corrected chi connectivity index (χ0v) is 11.3. The van der Waals surface area contributed by atoms with Gasteiger partial charge in [0, 0.05) is 36.2 Å². The Balaban J connectivity index is 1.74. The zero-order valence-electron chi connectivity index (χ0n) is 11.3. The minimum absolute atomic E-state index is 0.570. The maximum atomic E-state index is 3.47. The maximum absolute atomic E-state index is 3.47. The fourth-order valence-electron chi connectivity index (χ4n) is 2.14. The van der Waals surface area contributed by atoms with Gasteiger partial charge in [-0.15, -0.1) is 0 Å². The number of fused-ring (bicyclic) bond motifs is 1. The number of rotatable bonds is 7. The van der Waals surface area contributed by atoms with E-state index in [0.29, 0.717) is 6.04 Å². The van der Waals surface area contributed by atoms with Crippen LogP contribution in [0.3, 0.4) is 0 Å². The number of hydrogen-bond donors (Lipinski definition) is 3. The molecule has 0 radical (unpaired) electrons. The highest BCUT2D eigenvalue weighted by Crippen LogP contribution is 2.17. The van der Waals surface area contributed by atoms with Gasteiger partial charge in [-0.2, -0.15) is 0 Å². The molecule has 0 fully saturated rings. The summed E-state index contributed by atoms with van der Waals surface area (Å²) in [4.78, 5) is 3.32. The Morgan fingerprint density at radius 3 is 2.78 bits per heavy atom. The van der Waals surface area contributed by atoms with Crippen molar-refractivity contribution in [3.8, 4) is 0 Å². The van der Waals surface area contributed by atoms with Crippen molar-refractivity contribution in [2.45, 2.75) is 26.3 Å². The lowest BCUT2D eigenvalue weighted by atomic mass is 10.1.